The monoisotopic (exact) mass is 395 g/mol. The summed E-state index contributed by atoms with van der Waals surface area (Å²) in [5, 5.41) is 2.98. The van der Waals surface area contributed by atoms with Gasteiger partial charge in [0.05, 0.1) is 6.61 Å². The number of pyridine rings is 1. The lowest BCUT2D eigenvalue weighted by Gasteiger charge is -2.31. The third-order valence-electron chi connectivity index (χ3n) is 5.29. The van der Waals surface area contributed by atoms with Gasteiger partial charge in [0.1, 0.15) is 5.75 Å². The predicted molar refractivity (Wildman–Crippen MR) is 111 cm³/mol. The lowest BCUT2D eigenvalue weighted by Crippen LogP contribution is -2.43. The minimum atomic E-state index is -0.0330. The minimum absolute atomic E-state index is 0.0330. The molecule has 6 nitrogen and oxygen atoms in total. The van der Waals surface area contributed by atoms with Crippen molar-refractivity contribution in [3.05, 3.63) is 59.9 Å². The normalized spacial score (nSPS) is 14.4. The Bertz CT molecular complexity index is 802. The van der Waals surface area contributed by atoms with Gasteiger partial charge in [-0.2, -0.15) is 0 Å². The van der Waals surface area contributed by atoms with Crippen LogP contribution in [0.2, 0.25) is 0 Å². The second-order valence-corrected chi connectivity index (χ2v) is 7.27. The lowest BCUT2D eigenvalue weighted by molar-refractivity contribution is -0.135. The molecular formula is C23H29N3O3. The average Bonchev–Trinajstić information content (AvgIpc) is 2.77. The van der Waals surface area contributed by atoms with Crippen LogP contribution in [0.4, 0.5) is 0 Å². The number of aromatic nitrogens is 1. The van der Waals surface area contributed by atoms with Gasteiger partial charge in [-0.25, -0.2) is 0 Å². The van der Waals surface area contributed by atoms with Gasteiger partial charge in [-0.15, -0.1) is 0 Å². The SMILES string of the molecule is CCOc1ccccc1CCC(=O)N1CCC(C(=O)NCc2cccnc2)CC1. The molecule has 154 valence electrons. The minimum Gasteiger partial charge on any atom is -0.494 e. The maximum absolute atomic E-state index is 12.6. The van der Waals surface area contributed by atoms with Crippen LogP contribution in [-0.2, 0) is 22.6 Å². The number of carbonyl (C=O) groups is 2. The molecule has 0 bridgehead atoms. The van der Waals surface area contributed by atoms with E-state index in [1.54, 1.807) is 12.4 Å². The summed E-state index contributed by atoms with van der Waals surface area (Å²) in [5.74, 6) is 1.03. The Hall–Kier alpha value is -2.89. The second-order valence-electron chi connectivity index (χ2n) is 7.27. The van der Waals surface area contributed by atoms with E-state index in [-0.39, 0.29) is 17.7 Å². The zero-order chi connectivity index (χ0) is 20.5. The molecule has 29 heavy (non-hydrogen) atoms. The molecule has 1 fully saturated rings. The number of likely N-dealkylation sites (tertiary alicyclic amines) is 1. The Balaban J connectivity index is 1.42. The number of benzene rings is 1. The van der Waals surface area contributed by atoms with Crippen LogP contribution in [-0.4, -0.2) is 41.4 Å². The zero-order valence-corrected chi connectivity index (χ0v) is 17.0. The number of piperidine rings is 1. The number of hydrogen-bond donors (Lipinski definition) is 1. The summed E-state index contributed by atoms with van der Waals surface area (Å²) < 4.78 is 5.64. The van der Waals surface area contributed by atoms with Crippen LogP contribution in [0.5, 0.6) is 5.75 Å². The molecule has 2 aromatic rings. The van der Waals surface area contributed by atoms with Crippen LogP contribution in [0.3, 0.4) is 0 Å². The van der Waals surface area contributed by atoms with Crippen LogP contribution in [0.25, 0.3) is 0 Å². The number of nitrogens with one attached hydrogen (secondary N) is 1. The highest BCUT2D eigenvalue weighted by atomic mass is 16.5. The van der Waals surface area contributed by atoms with Crippen molar-refractivity contribution < 1.29 is 14.3 Å². The van der Waals surface area contributed by atoms with Gasteiger partial charge >= 0.3 is 0 Å². The molecule has 1 aromatic carbocycles. The predicted octanol–water partition coefficient (Wildman–Crippen LogP) is 2.97. The Morgan fingerprint density at radius 3 is 2.69 bits per heavy atom. The van der Waals surface area contributed by atoms with Crippen LogP contribution in [0.15, 0.2) is 48.8 Å². The van der Waals surface area contributed by atoms with E-state index < -0.39 is 0 Å². The summed E-state index contributed by atoms with van der Waals surface area (Å²) in [6.07, 6.45) is 6.02. The number of hydrogen-bond acceptors (Lipinski definition) is 4. The van der Waals surface area contributed by atoms with Gasteiger partial charge in [-0.1, -0.05) is 24.3 Å². The summed E-state index contributed by atoms with van der Waals surface area (Å²) >= 11 is 0. The van der Waals surface area contributed by atoms with E-state index in [9.17, 15) is 9.59 Å². The van der Waals surface area contributed by atoms with E-state index in [2.05, 4.69) is 10.3 Å². The van der Waals surface area contributed by atoms with Crippen LogP contribution in [0.1, 0.15) is 37.3 Å². The molecule has 1 aromatic heterocycles. The number of ether oxygens (including phenoxy) is 1. The first-order valence-electron chi connectivity index (χ1n) is 10.3. The van der Waals surface area contributed by atoms with Crippen LogP contribution < -0.4 is 10.1 Å². The zero-order valence-electron chi connectivity index (χ0n) is 17.0. The Morgan fingerprint density at radius 2 is 1.97 bits per heavy atom. The standard InChI is InChI=1S/C23H29N3O3/c1-2-29-21-8-4-3-7-19(21)9-10-22(27)26-14-11-20(12-15-26)23(28)25-17-18-6-5-13-24-16-18/h3-8,13,16,20H,2,9-12,14-15,17H2,1H3,(H,25,28). The van der Waals surface area contributed by atoms with E-state index in [0.717, 1.165) is 16.9 Å². The van der Waals surface area contributed by atoms with Gasteiger partial charge in [-0.05, 0) is 49.4 Å². The highest BCUT2D eigenvalue weighted by molar-refractivity contribution is 5.80. The number of carbonyl (C=O) groups excluding carboxylic acids is 2. The maximum Gasteiger partial charge on any atom is 0.223 e. The van der Waals surface area contributed by atoms with E-state index in [0.29, 0.717) is 51.9 Å². The number of aryl methyl sites for hydroxylation is 1. The molecule has 0 spiro atoms. The molecular weight excluding hydrogens is 366 g/mol. The number of nitrogens with zero attached hydrogens (tertiary/aromatic N) is 2. The van der Waals surface area contributed by atoms with Gasteiger partial charge in [-0.3, -0.25) is 14.6 Å². The quantitative estimate of drug-likeness (QED) is 0.746. The average molecular weight is 396 g/mol. The number of rotatable bonds is 8. The number of amides is 2. The van der Waals surface area contributed by atoms with Crippen molar-refractivity contribution in [2.24, 2.45) is 5.92 Å². The second kappa shape index (κ2) is 10.6. The highest BCUT2D eigenvalue weighted by Crippen LogP contribution is 2.22. The molecule has 1 N–H and O–H groups in total. The molecule has 0 unspecified atom stereocenters. The van der Waals surface area contributed by atoms with E-state index in [1.807, 2.05) is 48.2 Å². The van der Waals surface area contributed by atoms with E-state index in [1.165, 1.54) is 0 Å². The number of para-hydroxylation sites is 1. The molecule has 2 amide bonds. The first-order chi connectivity index (χ1) is 14.2. The van der Waals surface area contributed by atoms with Crippen molar-refractivity contribution in [3.8, 4) is 5.75 Å². The fourth-order valence-corrected chi connectivity index (χ4v) is 3.63. The summed E-state index contributed by atoms with van der Waals surface area (Å²) in [7, 11) is 0. The van der Waals surface area contributed by atoms with Crippen molar-refractivity contribution in [2.45, 2.75) is 39.2 Å². The van der Waals surface area contributed by atoms with E-state index >= 15 is 0 Å². The Kier molecular flexibility index (Phi) is 7.61. The van der Waals surface area contributed by atoms with Gasteiger partial charge in [0.2, 0.25) is 11.8 Å². The van der Waals surface area contributed by atoms with Crippen molar-refractivity contribution >= 4 is 11.8 Å². The molecule has 0 saturated carbocycles. The molecule has 1 aliphatic heterocycles. The van der Waals surface area contributed by atoms with Crippen molar-refractivity contribution in [1.29, 1.82) is 0 Å². The first-order valence-corrected chi connectivity index (χ1v) is 10.3. The van der Waals surface area contributed by atoms with Gasteiger partial charge in [0.25, 0.3) is 0 Å². The third kappa shape index (κ3) is 6.04. The van der Waals surface area contributed by atoms with Crippen molar-refractivity contribution in [2.75, 3.05) is 19.7 Å². The smallest absolute Gasteiger partial charge is 0.223 e. The van der Waals surface area contributed by atoms with Crippen molar-refractivity contribution in [1.82, 2.24) is 15.2 Å². The molecule has 0 aliphatic carbocycles. The highest BCUT2D eigenvalue weighted by Gasteiger charge is 2.27. The van der Waals surface area contributed by atoms with Gasteiger partial charge in [0, 0.05) is 44.4 Å². The maximum atomic E-state index is 12.6. The molecule has 6 heteroatoms. The fourth-order valence-electron chi connectivity index (χ4n) is 3.63. The molecule has 0 radical (unpaired) electrons. The topological polar surface area (TPSA) is 71.5 Å². The van der Waals surface area contributed by atoms with Gasteiger partial charge < -0.3 is 15.0 Å². The van der Waals surface area contributed by atoms with Crippen LogP contribution in [0, 0.1) is 5.92 Å². The summed E-state index contributed by atoms with van der Waals surface area (Å²) in [6.45, 7) is 4.33. The molecule has 0 atom stereocenters. The van der Waals surface area contributed by atoms with Gasteiger partial charge in [0.15, 0.2) is 0 Å². The Morgan fingerprint density at radius 1 is 1.17 bits per heavy atom. The summed E-state index contributed by atoms with van der Waals surface area (Å²) in [6, 6.07) is 11.7. The summed E-state index contributed by atoms with van der Waals surface area (Å²) in [5.41, 5.74) is 2.05. The molecule has 1 saturated heterocycles. The fraction of sp³-hybridized carbons (Fsp3) is 0.435. The largest absolute Gasteiger partial charge is 0.494 e. The summed E-state index contributed by atoms with van der Waals surface area (Å²) in [4.78, 5) is 31.0. The van der Waals surface area contributed by atoms with Crippen molar-refractivity contribution in [3.63, 3.8) is 0 Å². The third-order valence-corrected chi connectivity index (χ3v) is 5.29. The molecule has 3 rings (SSSR count). The van der Waals surface area contributed by atoms with E-state index in [4.69, 9.17) is 4.74 Å². The lowest BCUT2D eigenvalue weighted by atomic mass is 9.95. The molecule has 2 heterocycles. The first kappa shape index (κ1) is 20.8. The van der Waals surface area contributed by atoms with Crippen LogP contribution >= 0.6 is 0 Å². The Labute approximate surface area is 172 Å². The molecule has 1 aliphatic rings.